The first-order valence-corrected chi connectivity index (χ1v) is 3.98. The van der Waals surface area contributed by atoms with E-state index in [0.29, 0.717) is 12.8 Å². The third kappa shape index (κ3) is 2.73. The number of halogens is 2. The highest BCUT2D eigenvalue weighted by molar-refractivity contribution is 4.95. The van der Waals surface area contributed by atoms with Crippen molar-refractivity contribution in [3.63, 3.8) is 0 Å². The molecule has 0 heterocycles. The third-order valence-corrected chi connectivity index (χ3v) is 2.09. The van der Waals surface area contributed by atoms with Crippen molar-refractivity contribution in [2.75, 3.05) is 0 Å². The van der Waals surface area contributed by atoms with Crippen LogP contribution in [-0.4, -0.2) is 11.5 Å². The van der Waals surface area contributed by atoms with Crippen molar-refractivity contribution in [3.05, 3.63) is 0 Å². The van der Waals surface area contributed by atoms with Crippen LogP contribution in [0.3, 0.4) is 0 Å². The van der Waals surface area contributed by atoms with Gasteiger partial charge in [0.1, 0.15) is 0 Å². The lowest BCUT2D eigenvalue weighted by Crippen LogP contribution is -2.31. The summed E-state index contributed by atoms with van der Waals surface area (Å²) in [5.74, 6) is -2.75. The SMILES string of the molecule is CC(C)(N)CCC1CC1(F)F. The first kappa shape index (κ1) is 8.91. The van der Waals surface area contributed by atoms with Crippen molar-refractivity contribution in [2.45, 2.75) is 44.6 Å². The molecule has 3 heteroatoms. The fraction of sp³-hybridized carbons (Fsp3) is 1.00. The summed E-state index contributed by atoms with van der Waals surface area (Å²) in [5, 5.41) is 0. The Morgan fingerprint density at radius 2 is 2.00 bits per heavy atom. The van der Waals surface area contributed by atoms with Gasteiger partial charge in [0, 0.05) is 17.9 Å². The molecule has 0 aromatic rings. The summed E-state index contributed by atoms with van der Waals surface area (Å²) in [5.41, 5.74) is 5.36. The lowest BCUT2D eigenvalue weighted by molar-refractivity contribution is 0.0954. The van der Waals surface area contributed by atoms with Crippen LogP contribution >= 0.6 is 0 Å². The highest BCUT2D eigenvalue weighted by atomic mass is 19.3. The van der Waals surface area contributed by atoms with E-state index in [9.17, 15) is 8.78 Å². The Hall–Kier alpha value is -0.180. The quantitative estimate of drug-likeness (QED) is 0.677. The summed E-state index contributed by atoms with van der Waals surface area (Å²) < 4.78 is 24.7. The molecule has 1 saturated carbocycles. The summed E-state index contributed by atoms with van der Waals surface area (Å²) in [6, 6.07) is 0. The zero-order valence-electron chi connectivity index (χ0n) is 7.03. The van der Waals surface area contributed by atoms with Gasteiger partial charge in [0.15, 0.2) is 0 Å². The predicted octanol–water partition coefficient (Wildman–Crippen LogP) is 2.16. The van der Waals surface area contributed by atoms with E-state index in [0.717, 1.165) is 0 Å². The van der Waals surface area contributed by atoms with E-state index < -0.39 is 5.92 Å². The van der Waals surface area contributed by atoms with Gasteiger partial charge >= 0.3 is 0 Å². The Balaban J connectivity index is 2.16. The number of rotatable bonds is 3. The maximum atomic E-state index is 12.3. The van der Waals surface area contributed by atoms with Gasteiger partial charge in [0.25, 0.3) is 5.92 Å². The topological polar surface area (TPSA) is 26.0 Å². The van der Waals surface area contributed by atoms with Crippen LogP contribution in [0.15, 0.2) is 0 Å². The fourth-order valence-electron chi connectivity index (χ4n) is 1.13. The van der Waals surface area contributed by atoms with Crippen molar-refractivity contribution < 1.29 is 8.78 Å². The predicted molar refractivity (Wildman–Crippen MR) is 40.6 cm³/mol. The molecule has 1 fully saturated rings. The maximum Gasteiger partial charge on any atom is 0.251 e. The average Bonchev–Trinajstić information content (AvgIpc) is 2.33. The van der Waals surface area contributed by atoms with E-state index in [1.54, 1.807) is 0 Å². The fourth-order valence-corrected chi connectivity index (χ4v) is 1.13. The van der Waals surface area contributed by atoms with Crippen molar-refractivity contribution in [1.29, 1.82) is 0 Å². The average molecular weight is 163 g/mol. The van der Waals surface area contributed by atoms with E-state index >= 15 is 0 Å². The van der Waals surface area contributed by atoms with E-state index in [1.165, 1.54) is 0 Å². The van der Waals surface area contributed by atoms with Crippen LogP contribution in [0.1, 0.15) is 33.1 Å². The molecular weight excluding hydrogens is 148 g/mol. The standard InChI is InChI=1S/C8H15F2N/c1-7(2,11)4-3-6-5-8(6,9)10/h6H,3-5,11H2,1-2H3. The van der Waals surface area contributed by atoms with Crippen molar-refractivity contribution in [3.8, 4) is 0 Å². The Kier molecular flexibility index (Phi) is 1.95. The molecule has 0 aromatic carbocycles. The van der Waals surface area contributed by atoms with Crippen LogP contribution in [0.2, 0.25) is 0 Å². The summed E-state index contributed by atoms with van der Waals surface area (Å²) in [4.78, 5) is 0. The zero-order chi connectivity index (χ0) is 8.70. The molecule has 66 valence electrons. The van der Waals surface area contributed by atoms with Gasteiger partial charge in [-0.2, -0.15) is 0 Å². The van der Waals surface area contributed by atoms with Crippen LogP contribution in [-0.2, 0) is 0 Å². The molecule has 1 rings (SSSR count). The molecule has 0 bridgehead atoms. The molecule has 0 saturated heterocycles. The van der Waals surface area contributed by atoms with Crippen molar-refractivity contribution in [1.82, 2.24) is 0 Å². The molecule has 1 nitrogen and oxygen atoms in total. The van der Waals surface area contributed by atoms with Gasteiger partial charge in [-0.25, -0.2) is 8.78 Å². The molecular formula is C8H15F2N. The minimum atomic E-state index is -2.37. The summed E-state index contributed by atoms with van der Waals surface area (Å²) in [7, 11) is 0. The van der Waals surface area contributed by atoms with E-state index in [2.05, 4.69) is 0 Å². The van der Waals surface area contributed by atoms with Gasteiger partial charge in [-0.3, -0.25) is 0 Å². The second kappa shape index (κ2) is 2.41. The third-order valence-electron chi connectivity index (χ3n) is 2.09. The molecule has 1 aliphatic rings. The number of hydrogen-bond acceptors (Lipinski definition) is 1. The van der Waals surface area contributed by atoms with Gasteiger partial charge in [0.05, 0.1) is 0 Å². The number of hydrogen-bond donors (Lipinski definition) is 1. The molecule has 0 spiro atoms. The lowest BCUT2D eigenvalue weighted by Gasteiger charge is -2.17. The molecule has 1 unspecified atom stereocenters. The van der Waals surface area contributed by atoms with Crippen LogP contribution in [0, 0.1) is 5.92 Å². The van der Waals surface area contributed by atoms with E-state index in [-0.39, 0.29) is 17.9 Å². The smallest absolute Gasteiger partial charge is 0.251 e. The Morgan fingerprint density at radius 1 is 1.55 bits per heavy atom. The largest absolute Gasteiger partial charge is 0.326 e. The normalized spacial score (nSPS) is 28.6. The molecule has 0 amide bonds. The second-order valence-electron chi connectivity index (χ2n) is 4.19. The molecule has 1 atom stereocenters. The molecule has 1 aliphatic carbocycles. The van der Waals surface area contributed by atoms with Crippen LogP contribution in [0.5, 0.6) is 0 Å². The van der Waals surface area contributed by atoms with Gasteiger partial charge < -0.3 is 5.73 Å². The minimum absolute atomic E-state index is 0.0725. The molecule has 0 aliphatic heterocycles. The maximum absolute atomic E-state index is 12.3. The summed E-state index contributed by atoms with van der Waals surface area (Å²) in [6.45, 7) is 3.74. The molecule has 0 radical (unpaired) electrons. The number of nitrogens with two attached hydrogens (primary N) is 1. The van der Waals surface area contributed by atoms with Crippen LogP contribution in [0.25, 0.3) is 0 Å². The van der Waals surface area contributed by atoms with Crippen molar-refractivity contribution >= 4 is 0 Å². The highest BCUT2D eigenvalue weighted by Crippen LogP contribution is 2.51. The first-order valence-electron chi connectivity index (χ1n) is 3.98. The van der Waals surface area contributed by atoms with Gasteiger partial charge in [-0.1, -0.05) is 0 Å². The summed E-state index contributed by atoms with van der Waals surface area (Å²) >= 11 is 0. The van der Waals surface area contributed by atoms with Gasteiger partial charge in [0.2, 0.25) is 0 Å². The van der Waals surface area contributed by atoms with Gasteiger partial charge in [-0.15, -0.1) is 0 Å². The molecule has 0 aromatic heterocycles. The monoisotopic (exact) mass is 163 g/mol. The number of alkyl halides is 2. The van der Waals surface area contributed by atoms with Crippen LogP contribution in [0.4, 0.5) is 8.78 Å². The minimum Gasteiger partial charge on any atom is -0.326 e. The zero-order valence-corrected chi connectivity index (χ0v) is 7.03. The second-order valence-corrected chi connectivity index (χ2v) is 4.19. The highest BCUT2D eigenvalue weighted by Gasteiger charge is 2.56. The van der Waals surface area contributed by atoms with Gasteiger partial charge in [-0.05, 0) is 26.7 Å². The first-order chi connectivity index (χ1) is 4.81. The lowest BCUT2D eigenvalue weighted by atomic mass is 9.98. The van der Waals surface area contributed by atoms with E-state index in [4.69, 9.17) is 5.73 Å². The Labute approximate surface area is 66.0 Å². The van der Waals surface area contributed by atoms with E-state index in [1.807, 2.05) is 13.8 Å². The molecule has 2 N–H and O–H groups in total. The Bertz CT molecular complexity index is 149. The summed E-state index contributed by atoms with van der Waals surface area (Å²) in [6.07, 6.45) is 1.33. The Morgan fingerprint density at radius 3 is 2.27 bits per heavy atom. The van der Waals surface area contributed by atoms with Crippen LogP contribution < -0.4 is 5.73 Å². The van der Waals surface area contributed by atoms with Crippen molar-refractivity contribution in [2.24, 2.45) is 11.7 Å². The molecule has 11 heavy (non-hydrogen) atoms.